The van der Waals surface area contributed by atoms with E-state index in [0.29, 0.717) is 37.6 Å². The zero-order chi connectivity index (χ0) is 23.2. The number of hydrogen-bond acceptors (Lipinski definition) is 6. The number of fused-ring (bicyclic) bond motifs is 1. The van der Waals surface area contributed by atoms with Crippen molar-refractivity contribution in [3.05, 3.63) is 59.7 Å². The first-order chi connectivity index (χ1) is 16.1. The van der Waals surface area contributed by atoms with E-state index in [4.69, 9.17) is 14.5 Å². The van der Waals surface area contributed by atoms with E-state index in [1.165, 1.54) is 0 Å². The van der Waals surface area contributed by atoms with Crippen LogP contribution < -0.4 is 10.1 Å². The van der Waals surface area contributed by atoms with Crippen molar-refractivity contribution in [2.75, 3.05) is 20.3 Å². The molecule has 4 rings (SSSR count). The van der Waals surface area contributed by atoms with Gasteiger partial charge in [-0.2, -0.15) is 0 Å². The van der Waals surface area contributed by atoms with Crippen molar-refractivity contribution in [2.45, 2.75) is 39.2 Å². The molecule has 1 heterocycles. The first-order valence-electron chi connectivity index (χ1n) is 11.5. The minimum absolute atomic E-state index is 0.190. The summed E-state index contributed by atoms with van der Waals surface area (Å²) in [6.45, 7) is 3.37. The highest BCUT2D eigenvalue weighted by molar-refractivity contribution is 5.85. The predicted molar refractivity (Wildman–Crippen MR) is 128 cm³/mol. The highest BCUT2D eigenvalue weighted by atomic mass is 16.5. The molecule has 0 aliphatic heterocycles. The van der Waals surface area contributed by atoms with Crippen molar-refractivity contribution in [3.8, 4) is 17.0 Å². The van der Waals surface area contributed by atoms with Crippen molar-refractivity contribution in [2.24, 2.45) is 5.92 Å². The van der Waals surface area contributed by atoms with Gasteiger partial charge < -0.3 is 14.8 Å². The topological polar surface area (TPSA) is 77.5 Å². The number of para-hydroxylation sites is 1. The number of pyridine rings is 1. The van der Waals surface area contributed by atoms with Crippen molar-refractivity contribution >= 4 is 22.7 Å². The number of methoxy groups -OCH3 is 1. The Labute approximate surface area is 194 Å². The van der Waals surface area contributed by atoms with Gasteiger partial charge in [0.15, 0.2) is 0 Å². The van der Waals surface area contributed by atoms with E-state index in [-0.39, 0.29) is 18.3 Å². The van der Waals surface area contributed by atoms with Crippen molar-refractivity contribution in [1.82, 2.24) is 10.3 Å². The van der Waals surface area contributed by atoms with Crippen LogP contribution in [0, 0.1) is 5.92 Å². The number of carbonyl (C=O) groups excluding carboxylic acids is 2. The van der Waals surface area contributed by atoms with Gasteiger partial charge in [-0.25, -0.2) is 4.98 Å². The number of nitrogens with zero attached hydrogens (tertiary/aromatic N) is 1. The zero-order valence-corrected chi connectivity index (χ0v) is 19.2. The highest BCUT2D eigenvalue weighted by Crippen LogP contribution is 2.34. The molecule has 172 valence electrons. The van der Waals surface area contributed by atoms with E-state index < -0.39 is 0 Å². The minimum Gasteiger partial charge on any atom is -0.496 e. The van der Waals surface area contributed by atoms with Crippen LogP contribution in [0.4, 0.5) is 0 Å². The van der Waals surface area contributed by atoms with E-state index in [0.717, 1.165) is 46.1 Å². The maximum atomic E-state index is 12.0. The van der Waals surface area contributed by atoms with E-state index in [9.17, 15) is 9.59 Å². The maximum absolute atomic E-state index is 12.0. The van der Waals surface area contributed by atoms with Crippen molar-refractivity contribution in [1.29, 1.82) is 0 Å². The molecule has 0 spiro atoms. The van der Waals surface area contributed by atoms with E-state index >= 15 is 0 Å². The van der Waals surface area contributed by atoms with Gasteiger partial charge in [0.2, 0.25) is 0 Å². The monoisotopic (exact) mass is 446 g/mol. The standard InChI is InChI=1S/C27H30N2O4/c1-3-33-26(31)15-18-8-11-25(32-2)22(14-18)27-21(16-20-6-4-5-7-23(20)29-27)17-28-13-12-24(30)19-9-10-19/h4-8,11,14,16,19,28H,3,9-10,12-13,15,17H2,1-2H3. The summed E-state index contributed by atoms with van der Waals surface area (Å²) in [6.07, 6.45) is 2.83. The molecule has 1 aliphatic rings. The molecule has 0 atom stereocenters. The van der Waals surface area contributed by atoms with Gasteiger partial charge in [0.1, 0.15) is 11.5 Å². The fraction of sp³-hybridized carbons (Fsp3) is 0.370. The number of aromatic nitrogens is 1. The van der Waals surface area contributed by atoms with Gasteiger partial charge in [0.05, 0.1) is 31.3 Å². The fourth-order valence-corrected chi connectivity index (χ4v) is 4.00. The number of Topliss-reactive ketones (excluding diaryl/α,β-unsaturated/α-hetero) is 1. The molecule has 0 saturated heterocycles. The molecular weight excluding hydrogens is 416 g/mol. The first kappa shape index (κ1) is 22.9. The second-order valence-corrected chi connectivity index (χ2v) is 8.37. The zero-order valence-electron chi connectivity index (χ0n) is 19.2. The molecule has 1 N–H and O–H groups in total. The van der Waals surface area contributed by atoms with Crippen LogP contribution in [0.15, 0.2) is 48.5 Å². The van der Waals surface area contributed by atoms with Gasteiger partial charge in [-0.05, 0) is 55.2 Å². The number of ether oxygens (including phenoxy) is 2. The van der Waals surface area contributed by atoms with Gasteiger partial charge in [-0.15, -0.1) is 0 Å². The molecule has 2 aromatic carbocycles. The summed E-state index contributed by atoms with van der Waals surface area (Å²) in [5.41, 5.74) is 4.37. The van der Waals surface area contributed by atoms with Gasteiger partial charge in [-0.1, -0.05) is 24.3 Å². The Morgan fingerprint density at radius 3 is 2.70 bits per heavy atom. The smallest absolute Gasteiger partial charge is 0.310 e. The molecule has 0 radical (unpaired) electrons. The summed E-state index contributed by atoms with van der Waals surface area (Å²) in [4.78, 5) is 29.0. The SMILES string of the molecule is CCOC(=O)Cc1ccc(OC)c(-c2nc3ccccc3cc2CNCCC(=O)C2CC2)c1. The Hall–Kier alpha value is -3.25. The van der Waals surface area contributed by atoms with E-state index in [1.807, 2.05) is 42.5 Å². The lowest BCUT2D eigenvalue weighted by molar-refractivity contribution is -0.142. The Balaban J connectivity index is 1.65. The van der Waals surface area contributed by atoms with Crippen LogP contribution >= 0.6 is 0 Å². The molecule has 1 fully saturated rings. The van der Waals surface area contributed by atoms with Crippen LogP contribution in [0.2, 0.25) is 0 Å². The molecule has 0 unspecified atom stereocenters. The lowest BCUT2D eigenvalue weighted by atomic mass is 9.99. The largest absolute Gasteiger partial charge is 0.496 e. The van der Waals surface area contributed by atoms with Gasteiger partial charge in [0, 0.05) is 36.4 Å². The summed E-state index contributed by atoms with van der Waals surface area (Å²) in [5.74, 6) is 1.07. The highest BCUT2D eigenvalue weighted by Gasteiger charge is 2.28. The van der Waals surface area contributed by atoms with Crippen LogP contribution in [-0.4, -0.2) is 37.0 Å². The van der Waals surface area contributed by atoms with E-state index in [2.05, 4.69) is 11.4 Å². The summed E-state index contributed by atoms with van der Waals surface area (Å²) in [5, 5.41) is 4.47. The van der Waals surface area contributed by atoms with Crippen LogP contribution in [0.25, 0.3) is 22.2 Å². The number of rotatable bonds is 11. The summed E-state index contributed by atoms with van der Waals surface area (Å²) in [6, 6.07) is 15.8. The Kier molecular flexibility index (Phi) is 7.35. The molecule has 3 aromatic rings. The summed E-state index contributed by atoms with van der Waals surface area (Å²) >= 11 is 0. The van der Waals surface area contributed by atoms with Gasteiger partial charge in [0.25, 0.3) is 0 Å². The molecule has 0 amide bonds. The molecule has 33 heavy (non-hydrogen) atoms. The molecule has 6 heteroatoms. The third-order valence-corrected chi connectivity index (χ3v) is 5.87. The normalized spacial score (nSPS) is 13.2. The minimum atomic E-state index is -0.262. The fourth-order valence-electron chi connectivity index (χ4n) is 4.00. The number of nitrogens with one attached hydrogen (secondary N) is 1. The van der Waals surface area contributed by atoms with Crippen molar-refractivity contribution in [3.63, 3.8) is 0 Å². The van der Waals surface area contributed by atoms with Crippen LogP contribution in [0.1, 0.15) is 37.3 Å². The number of hydrogen-bond donors (Lipinski definition) is 1. The average Bonchev–Trinajstić information content (AvgIpc) is 3.67. The molecule has 0 bridgehead atoms. The number of benzene rings is 2. The quantitative estimate of drug-likeness (QED) is 0.346. The third kappa shape index (κ3) is 5.76. The van der Waals surface area contributed by atoms with Crippen LogP contribution in [-0.2, 0) is 27.3 Å². The predicted octanol–water partition coefficient (Wildman–Crippen LogP) is 4.47. The molecule has 1 saturated carbocycles. The number of esters is 1. The second kappa shape index (κ2) is 10.6. The Bertz CT molecular complexity index is 1150. The van der Waals surface area contributed by atoms with E-state index in [1.54, 1.807) is 14.0 Å². The molecule has 6 nitrogen and oxygen atoms in total. The maximum Gasteiger partial charge on any atom is 0.310 e. The number of ketones is 1. The van der Waals surface area contributed by atoms with Crippen LogP contribution in [0.5, 0.6) is 5.75 Å². The molecule has 1 aliphatic carbocycles. The summed E-state index contributed by atoms with van der Waals surface area (Å²) in [7, 11) is 1.63. The second-order valence-electron chi connectivity index (χ2n) is 8.37. The molecular formula is C27H30N2O4. The number of carbonyl (C=O) groups is 2. The Morgan fingerprint density at radius 1 is 1.12 bits per heavy atom. The lowest BCUT2D eigenvalue weighted by Crippen LogP contribution is -2.19. The third-order valence-electron chi connectivity index (χ3n) is 5.87. The molecule has 1 aromatic heterocycles. The Morgan fingerprint density at radius 2 is 1.94 bits per heavy atom. The average molecular weight is 447 g/mol. The van der Waals surface area contributed by atoms with Crippen LogP contribution in [0.3, 0.4) is 0 Å². The lowest BCUT2D eigenvalue weighted by Gasteiger charge is -2.16. The first-order valence-corrected chi connectivity index (χ1v) is 11.5. The van der Waals surface area contributed by atoms with Gasteiger partial charge >= 0.3 is 5.97 Å². The summed E-state index contributed by atoms with van der Waals surface area (Å²) < 4.78 is 10.8. The van der Waals surface area contributed by atoms with Crippen molar-refractivity contribution < 1.29 is 19.1 Å². The van der Waals surface area contributed by atoms with Gasteiger partial charge in [-0.3, -0.25) is 9.59 Å².